The maximum atomic E-state index is 5.16. The zero-order chi connectivity index (χ0) is 28.8. The Morgan fingerprint density at radius 3 is 1.82 bits per heavy atom. The van der Waals surface area contributed by atoms with Crippen LogP contribution in [0.5, 0.6) is 0 Å². The monoisotopic (exact) mass is 577 g/mol. The number of aromatic nitrogens is 3. The van der Waals surface area contributed by atoms with Gasteiger partial charge in [-0.2, -0.15) is 0 Å². The van der Waals surface area contributed by atoms with Gasteiger partial charge in [-0.15, -0.1) is 11.3 Å². The van der Waals surface area contributed by atoms with E-state index < -0.39 is 0 Å². The molecule has 4 heterocycles. The van der Waals surface area contributed by atoms with Gasteiger partial charge in [-0.1, -0.05) is 109 Å². The molecule has 4 heteroatoms. The summed E-state index contributed by atoms with van der Waals surface area (Å²) in [6, 6.07) is 49.7. The zero-order valence-electron chi connectivity index (χ0n) is 23.5. The van der Waals surface area contributed by atoms with E-state index in [1.165, 1.54) is 58.3 Å². The Hall–Kier alpha value is -5.58. The number of rotatable bonds is 3. The zero-order valence-corrected chi connectivity index (χ0v) is 24.3. The molecule has 10 rings (SSSR count). The lowest BCUT2D eigenvalue weighted by Gasteiger charge is -2.10. The second-order valence-electron chi connectivity index (χ2n) is 11.4. The molecule has 6 aromatic carbocycles. The number of benzene rings is 6. The van der Waals surface area contributed by atoms with Gasteiger partial charge in [0.05, 0.1) is 27.9 Å². The lowest BCUT2D eigenvalue weighted by molar-refractivity contribution is 1.19. The van der Waals surface area contributed by atoms with E-state index in [4.69, 9.17) is 9.97 Å². The molecule has 0 saturated heterocycles. The van der Waals surface area contributed by atoms with Crippen LogP contribution in [-0.4, -0.2) is 14.4 Å². The molecule has 0 spiro atoms. The van der Waals surface area contributed by atoms with Crippen molar-refractivity contribution in [2.75, 3.05) is 0 Å². The molecule has 0 unspecified atom stereocenters. The van der Waals surface area contributed by atoms with Crippen LogP contribution in [0.15, 0.2) is 140 Å². The maximum absolute atomic E-state index is 5.16. The smallest absolute Gasteiger partial charge is 0.161 e. The van der Waals surface area contributed by atoms with Crippen molar-refractivity contribution >= 4 is 69.6 Å². The van der Waals surface area contributed by atoms with Crippen LogP contribution in [0.4, 0.5) is 0 Å². The highest BCUT2D eigenvalue weighted by Crippen LogP contribution is 2.45. The topological polar surface area (TPSA) is 30.2 Å². The molecule has 0 radical (unpaired) electrons. The van der Waals surface area contributed by atoms with Crippen molar-refractivity contribution in [3.8, 4) is 33.9 Å². The summed E-state index contributed by atoms with van der Waals surface area (Å²) >= 11 is 1.84. The third-order valence-corrected chi connectivity index (χ3v) is 10.1. The Morgan fingerprint density at radius 1 is 0.455 bits per heavy atom. The Bertz CT molecular complexity index is 2650. The van der Waals surface area contributed by atoms with Crippen molar-refractivity contribution in [3.63, 3.8) is 0 Å². The highest BCUT2D eigenvalue weighted by molar-refractivity contribution is 7.26. The van der Waals surface area contributed by atoms with E-state index in [-0.39, 0.29) is 0 Å². The third-order valence-electron chi connectivity index (χ3n) is 8.95. The lowest BCUT2D eigenvalue weighted by atomic mass is 10.0. The van der Waals surface area contributed by atoms with Crippen molar-refractivity contribution in [3.05, 3.63) is 140 Å². The van der Waals surface area contributed by atoms with Gasteiger partial charge in [-0.25, -0.2) is 9.97 Å². The van der Waals surface area contributed by atoms with E-state index >= 15 is 0 Å². The van der Waals surface area contributed by atoms with Crippen molar-refractivity contribution in [1.82, 2.24) is 14.4 Å². The summed E-state index contributed by atoms with van der Waals surface area (Å²) in [5.74, 6) is 0.748. The molecule has 0 N–H and O–H groups in total. The van der Waals surface area contributed by atoms with Gasteiger partial charge < -0.3 is 4.40 Å². The SMILES string of the molecule is c1ccc(-c2cc(-c3ccccc3)nc(-c3cccc4c3sc3cc5c6cccc7c8ccccc8n(c5cc34)c76)n2)cc1. The number of hydrogen-bond donors (Lipinski definition) is 0. The summed E-state index contributed by atoms with van der Waals surface area (Å²) in [4.78, 5) is 10.3. The van der Waals surface area contributed by atoms with Crippen LogP contribution >= 0.6 is 11.3 Å². The first kappa shape index (κ1) is 23.9. The van der Waals surface area contributed by atoms with Crippen LogP contribution in [0.2, 0.25) is 0 Å². The standard InChI is InChI=1S/C40H23N3S/c1-3-11-24(12-4-1)33-23-34(25-13-5-2-6-14-25)42-40(41-33)30-19-10-18-29-32-21-36-31(22-37(32)44-39(29)30)28-17-9-16-27-26-15-7-8-20-35(26)43(36)38(27)28/h1-23H. The number of nitrogens with zero attached hydrogens (tertiary/aromatic N) is 3. The minimum atomic E-state index is 0.748. The van der Waals surface area contributed by atoms with Crippen LogP contribution in [0.1, 0.15) is 0 Å². The van der Waals surface area contributed by atoms with Crippen LogP contribution in [0.25, 0.3) is 92.2 Å². The highest BCUT2D eigenvalue weighted by Gasteiger charge is 2.20. The Labute approximate surface area is 256 Å². The average Bonchev–Trinajstić information content (AvgIpc) is 3.74. The van der Waals surface area contributed by atoms with E-state index in [1.54, 1.807) is 0 Å². The predicted molar refractivity (Wildman–Crippen MR) is 186 cm³/mol. The summed E-state index contributed by atoms with van der Waals surface area (Å²) in [7, 11) is 0. The molecule has 44 heavy (non-hydrogen) atoms. The molecular weight excluding hydrogens is 555 g/mol. The van der Waals surface area contributed by atoms with Gasteiger partial charge in [0.2, 0.25) is 0 Å². The number of hydrogen-bond acceptors (Lipinski definition) is 3. The molecule has 10 aromatic rings. The van der Waals surface area contributed by atoms with E-state index in [0.717, 1.165) is 33.9 Å². The molecular formula is C40H23N3S. The molecule has 4 aromatic heterocycles. The average molecular weight is 578 g/mol. The van der Waals surface area contributed by atoms with Gasteiger partial charge in [-0.05, 0) is 30.3 Å². The molecule has 0 bridgehead atoms. The summed E-state index contributed by atoms with van der Waals surface area (Å²) < 4.78 is 4.95. The minimum Gasteiger partial charge on any atom is -0.308 e. The van der Waals surface area contributed by atoms with Gasteiger partial charge in [-0.3, -0.25) is 0 Å². The quantitative estimate of drug-likeness (QED) is 0.209. The molecule has 0 fully saturated rings. The molecule has 0 aliphatic carbocycles. The van der Waals surface area contributed by atoms with Crippen LogP contribution in [-0.2, 0) is 0 Å². The maximum Gasteiger partial charge on any atom is 0.161 e. The number of thiophene rings is 1. The first-order valence-electron chi connectivity index (χ1n) is 14.8. The fourth-order valence-electron chi connectivity index (χ4n) is 6.98. The normalized spacial score (nSPS) is 12.1. The first-order valence-corrected chi connectivity index (χ1v) is 15.7. The molecule has 0 amide bonds. The van der Waals surface area contributed by atoms with Crippen LogP contribution in [0.3, 0.4) is 0 Å². The van der Waals surface area contributed by atoms with Crippen molar-refractivity contribution in [1.29, 1.82) is 0 Å². The molecule has 3 nitrogen and oxygen atoms in total. The summed E-state index contributed by atoms with van der Waals surface area (Å²) in [5.41, 5.74) is 8.89. The molecule has 0 saturated carbocycles. The van der Waals surface area contributed by atoms with Crippen molar-refractivity contribution in [2.24, 2.45) is 0 Å². The van der Waals surface area contributed by atoms with Gasteiger partial charge in [0.1, 0.15) is 0 Å². The molecule has 204 valence electrons. The Balaban J connectivity index is 1.26. The van der Waals surface area contributed by atoms with Gasteiger partial charge >= 0.3 is 0 Å². The Kier molecular flexibility index (Phi) is 4.87. The molecule has 0 aliphatic rings. The number of para-hydroxylation sites is 2. The van der Waals surface area contributed by atoms with E-state index in [2.05, 4.69) is 132 Å². The summed E-state index contributed by atoms with van der Waals surface area (Å²) in [6.07, 6.45) is 0. The van der Waals surface area contributed by atoms with E-state index in [0.29, 0.717) is 0 Å². The fourth-order valence-corrected chi connectivity index (χ4v) is 8.21. The fraction of sp³-hybridized carbons (Fsp3) is 0. The second kappa shape index (κ2) is 8.96. The van der Waals surface area contributed by atoms with Crippen molar-refractivity contribution < 1.29 is 0 Å². The lowest BCUT2D eigenvalue weighted by Crippen LogP contribution is -1.96. The number of fused-ring (bicyclic) bond motifs is 9. The predicted octanol–water partition coefficient (Wildman–Crippen LogP) is 11.0. The first-order chi connectivity index (χ1) is 21.8. The van der Waals surface area contributed by atoms with E-state index in [1.807, 2.05) is 23.5 Å². The van der Waals surface area contributed by atoms with Gasteiger partial charge in [0, 0.05) is 58.4 Å². The van der Waals surface area contributed by atoms with Gasteiger partial charge in [0.15, 0.2) is 5.82 Å². The summed E-state index contributed by atoms with van der Waals surface area (Å²) in [6.45, 7) is 0. The molecule has 0 atom stereocenters. The van der Waals surface area contributed by atoms with Crippen LogP contribution < -0.4 is 0 Å². The second-order valence-corrected chi connectivity index (χ2v) is 12.5. The largest absolute Gasteiger partial charge is 0.308 e. The van der Waals surface area contributed by atoms with Crippen molar-refractivity contribution in [2.45, 2.75) is 0 Å². The molecule has 0 aliphatic heterocycles. The summed E-state index contributed by atoms with van der Waals surface area (Å²) in [5, 5.41) is 7.73. The van der Waals surface area contributed by atoms with E-state index in [9.17, 15) is 0 Å². The van der Waals surface area contributed by atoms with Crippen LogP contribution in [0, 0.1) is 0 Å². The Morgan fingerprint density at radius 2 is 1.07 bits per heavy atom. The third kappa shape index (κ3) is 3.31. The minimum absolute atomic E-state index is 0.748. The highest BCUT2D eigenvalue weighted by atomic mass is 32.1. The van der Waals surface area contributed by atoms with Gasteiger partial charge in [0.25, 0.3) is 0 Å².